The third-order valence-corrected chi connectivity index (χ3v) is 12.6. The van der Waals surface area contributed by atoms with Crippen LogP contribution < -0.4 is 0 Å². The fourth-order valence-electron chi connectivity index (χ4n) is 6.92. The van der Waals surface area contributed by atoms with Crippen molar-refractivity contribution < 1.29 is 34.4 Å². The molecule has 0 aliphatic rings. The van der Waals surface area contributed by atoms with Gasteiger partial charge < -0.3 is 9.52 Å². The number of nitrogens with zero attached hydrogens (tertiary/aromatic N) is 2. The van der Waals surface area contributed by atoms with Crippen LogP contribution in [0.1, 0.15) is 119 Å². The number of thiophene rings is 1. The Kier molecular flexibility index (Phi) is 13.2. The average molecular weight is 910 g/mol. The molecule has 3 aromatic heterocycles. The number of carbonyl (C=O) groups is 1. The number of hydrogen-bond donors (Lipinski definition) is 1. The van der Waals surface area contributed by atoms with Gasteiger partial charge >= 0.3 is 0 Å². The Morgan fingerprint density at radius 2 is 1.53 bits per heavy atom. The molecule has 0 saturated heterocycles. The van der Waals surface area contributed by atoms with Gasteiger partial charge in [0.1, 0.15) is 22.7 Å². The van der Waals surface area contributed by atoms with Gasteiger partial charge in [0, 0.05) is 64.4 Å². The summed E-state index contributed by atoms with van der Waals surface area (Å²) in [7, 11) is 0. The fraction of sp³-hybridized carbons (Fsp3) is 0.457. The van der Waals surface area contributed by atoms with Crippen molar-refractivity contribution in [3.63, 3.8) is 0 Å². The molecular weight excluding hydrogens is 853 g/mol. The minimum Gasteiger partial charge on any atom is -0.512 e. The topological polar surface area (TPSA) is 76.2 Å². The molecule has 6 aromatic rings. The molecule has 3 aromatic carbocycles. The van der Waals surface area contributed by atoms with Gasteiger partial charge in [0.15, 0.2) is 11.4 Å². The van der Waals surface area contributed by atoms with E-state index in [0.717, 1.165) is 80.4 Å². The van der Waals surface area contributed by atoms with E-state index in [1.807, 2.05) is 41.5 Å². The van der Waals surface area contributed by atoms with Crippen molar-refractivity contribution in [2.24, 2.45) is 16.7 Å². The van der Waals surface area contributed by atoms with E-state index in [4.69, 9.17) is 9.40 Å². The Balaban J connectivity index is 0.000000299. The number of aliphatic hydroxyl groups is 1. The van der Waals surface area contributed by atoms with Crippen LogP contribution in [0.5, 0.6) is 0 Å². The molecule has 0 spiro atoms. The van der Waals surface area contributed by atoms with Crippen molar-refractivity contribution in [2.45, 2.75) is 121 Å². The Labute approximate surface area is 334 Å². The van der Waals surface area contributed by atoms with E-state index in [9.17, 15) is 9.90 Å². The summed E-state index contributed by atoms with van der Waals surface area (Å²) in [6.45, 7) is 25.5. The van der Waals surface area contributed by atoms with Gasteiger partial charge in [0.25, 0.3) is 0 Å². The van der Waals surface area contributed by atoms with Gasteiger partial charge in [-0.3, -0.25) is 9.78 Å². The third kappa shape index (κ3) is 8.33. The van der Waals surface area contributed by atoms with Gasteiger partial charge in [-0.25, -0.2) is 4.98 Å². The van der Waals surface area contributed by atoms with Crippen LogP contribution in [-0.4, -0.2) is 20.9 Å². The molecule has 0 aliphatic heterocycles. The molecule has 0 bridgehead atoms. The first-order valence-electron chi connectivity index (χ1n) is 19.0. The van der Waals surface area contributed by atoms with E-state index in [-0.39, 0.29) is 47.9 Å². The molecule has 0 fully saturated rings. The standard InChI is InChI=1S/C31H29N2OS.C15H28O2.Ir/c1-17(2)13-24-18(3)34-28-22(24)11-12-23-26-27(32-16-33-30(26)35-29(23)28)20-14-19-9-7-8-10-21(19)25(15-20)31(4,5)6;1-7-14(5,8-2)12(16)11-13(17)15(6,9-3)10-4;/h7-12,15-17H,13H2,1-6H3;11,16H,7-10H2,1-6H3;/q-1;;/b;12-11-;. The van der Waals surface area contributed by atoms with Gasteiger partial charge in [-0.2, -0.15) is 0 Å². The first-order valence-corrected chi connectivity index (χ1v) is 19.8. The molecule has 0 aliphatic carbocycles. The Hall–Kier alpha value is -3.38. The van der Waals surface area contributed by atoms with E-state index in [1.165, 1.54) is 28.0 Å². The van der Waals surface area contributed by atoms with Crippen LogP contribution in [-0.2, 0) is 36.7 Å². The van der Waals surface area contributed by atoms with Crippen LogP contribution in [0.3, 0.4) is 0 Å². The quantitative estimate of drug-likeness (QED) is 0.0842. The Morgan fingerprint density at radius 3 is 2.13 bits per heavy atom. The van der Waals surface area contributed by atoms with Crippen LogP contribution >= 0.6 is 11.3 Å². The summed E-state index contributed by atoms with van der Waals surface area (Å²) in [6, 6.07) is 18.9. The predicted octanol–water partition coefficient (Wildman–Crippen LogP) is 13.7. The number of hydrogen-bond acceptors (Lipinski definition) is 6. The molecule has 0 atom stereocenters. The number of fused-ring (bicyclic) bond motifs is 6. The molecule has 53 heavy (non-hydrogen) atoms. The predicted molar refractivity (Wildman–Crippen MR) is 222 cm³/mol. The van der Waals surface area contributed by atoms with E-state index in [2.05, 4.69) is 95.1 Å². The monoisotopic (exact) mass is 910 g/mol. The smallest absolute Gasteiger partial charge is 0.164 e. The van der Waals surface area contributed by atoms with Crippen LogP contribution in [0.2, 0.25) is 0 Å². The molecule has 0 saturated carbocycles. The fourth-order valence-corrected chi connectivity index (χ4v) is 8.04. The van der Waals surface area contributed by atoms with E-state index < -0.39 is 0 Å². The number of aromatic nitrogens is 2. The minimum atomic E-state index is -0.337. The van der Waals surface area contributed by atoms with E-state index >= 15 is 0 Å². The van der Waals surface area contributed by atoms with E-state index in [1.54, 1.807) is 17.7 Å². The van der Waals surface area contributed by atoms with Crippen molar-refractivity contribution in [3.05, 3.63) is 83.6 Å². The number of aliphatic hydroxyl groups excluding tert-OH is 1. The molecule has 0 unspecified atom stereocenters. The van der Waals surface area contributed by atoms with Crippen molar-refractivity contribution in [3.8, 4) is 11.3 Å². The summed E-state index contributed by atoms with van der Waals surface area (Å²) in [5.74, 6) is 1.88. The Bertz CT molecular complexity index is 2260. The summed E-state index contributed by atoms with van der Waals surface area (Å²) in [4.78, 5) is 22.6. The molecule has 285 valence electrons. The second-order valence-electron chi connectivity index (χ2n) is 16.4. The summed E-state index contributed by atoms with van der Waals surface area (Å²) in [6.07, 6.45) is 7.45. The zero-order valence-electron chi connectivity index (χ0n) is 33.7. The number of allylic oxidation sites excluding steroid dienone is 2. The molecular formula is C46H57IrN2O3S-. The number of ketones is 1. The summed E-state index contributed by atoms with van der Waals surface area (Å²) >= 11 is 1.70. The van der Waals surface area contributed by atoms with Crippen LogP contribution in [0.4, 0.5) is 0 Å². The largest absolute Gasteiger partial charge is 0.512 e. The number of rotatable bonds is 10. The molecule has 7 heteroatoms. The maximum absolute atomic E-state index is 12.2. The number of furan rings is 1. The van der Waals surface area contributed by atoms with Gasteiger partial charge in [0.2, 0.25) is 0 Å². The number of aryl methyl sites for hydroxylation is 1. The summed E-state index contributed by atoms with van der Waals surface area (Å²) in [5.41, 5.74) is 4.93. The summed E-state index contributed by atoms with van der Waals surface area (Å²) < 4.78 is 7.51. The second kappa shape index (κ2) is 16.5. The molecule has 6 rings (SSSR count). The van der Waals surface area contributed by atoms with Gasteiger partial charge in [-0.1, -0.05) is 117 Å². The number of benzene rings is 3. The molecule has 0 amide bonds. The molecule has 1 radical (unpaired) electrons. The maximum atomic E-state index is 12.2. The minimum absolute atomic E-state index is 0. The van der Waals surface area contributed by atoms with Crippen LogP contribution in [0.15, 0.2) is 65.0 Å². The average Bonchev–Trinajstić information content (AvgIpc) is 3.66. The van der Waals surface area contributed by atoms with Crippen molar-refractivity contribution in [1.82, 2.24) is 9.97 Å². The van der Waals surface area contributed by atoms with Crippen molar-refractivity contribution in [1.29, 1.82) is 0 Å². The van der Waals surface area contributed by atoms with Crippen molar-refractivity contribution in [2.75, 3.05) is 0 Å². The second-order valence-corrected chi connectivity index (χ2v) is 17.4. The Morgan fingerprint density at radius 1 is 0.906 bits per heavy atom. The van der Waals surface area contributed by atoms with Crippen LogP contribution in [0, 0.1) is 29.7 Å². The van der Waals surface area contributed by atoms with Crippen molar-refractivity contribution >= 4 is 59.2 Å². The molecule has 1 N–H and O–H groups in total. The normalized spacial score (nSPS) is 12.8. The van der Waals surface area contributed by atoms with Crippen LogP contribution in [0.25, 0.3) is 53.3 Å². The zero-order chi connectivity index (χ0) is 38.2. The maximum Gasteiger partial charge on any atom is 0.164 e. The third-order valence-electron chi connectivity index (χ3n) is 11.5. The zero-order valence-corrected chi connectivity index (χ0v) is 36.9. The first kappa shape index (κ1) is 42.4. The van der Waals surface area contributed by atoms with Gasteiger partial charge in [0.05, 0.1) is 4.70 Å². The number of carbonyl (C=O) groups excluding carboxylic acids is 1. The SMILES string of the molecule is CCC(C)(CC)C(=O)/C=C(\O)C(C)(CC)CC.Cc1oc2c(ccc3c2sc2ncnc(-c4[c-]c5ccccc5c(C(C)(C)C)c4)c23)c1CC(C)C.[Ir]. The van der Waals surface area contributed by atoms with E-state index in [0.29, 0.717) is 5.92 Å². The first-order chi connectivity index (χ1) is 24.5. The molecule has 3 heterocycles. The molecule has 5 nitrogen and oxygen atoms in total. The summed E-state index contributed by atoms with van der Waals surface area (Å²) in [5, 5.41) is 15.9. The van der Waals surface area contributed by atoms with Gasteiger partial charge in [-0.05, 0) is 50.4 Å². The van der Waals surface area contributed by atoms with Gasteiger partial charge in [-0.15, -0.1) is 40.5 Å².